The van der Waals surface area contributed by atoms with E-state index in [9.17, 15) is 19.7 Å². The summed E-state index contributed by atoms with van der Waals surface area (Å²) in [7, 11) is 2.98. The third kappa shape index (κ3) is 4.46. The van der Waals surface area contributed by atoms with E-state index in [1.807, 2.05) is 0 Å². The molecular formula is C23H20BrN3O8S. The maximum absolute atomic E-state index is 13.6. The second-order valence-corrected chi connectivity index (χ2v) is 9.33. The summed E-state index contributed by atoms with van der Waals surface area (Å²) in [6.07, 6.45) is 1.40. The summed E-state index contributed by atoms with van der Waals surface area (Å²) in [5.74, 6) is -0.0583. The number of hydrogen-bond donors (Lipinski definition) is 0. The Hall–Kier alpha value is -3.71. The van der Waals surface area contributed by atoms with Gasteiger partial charge in [0.1, 0.15) is 10.7 Å². The average molecular weight is 578 g/mol. The zero-order chi connectivity index (χ0) is 26.1. The van der Waals surface area contributed by atoms with Crippen molar-refractivity contribution in [3.8, 4) is 11.5 Å². The molecule has 0 spiro atoms. The summed E-state index contributed by atoms with van der Waals surface area (Å²) in [5.41, 5.74) is 0.670. The molecule has 2 aromatic heterocycles. The molecule has 0 fully saturated rings. The Bertz CT molecular complexity index is 1580. The second-order valence-electron chi connectivity index (χ2n) is 7.46. The molecule has 0 unspecified atom stereocenters. The highest BCUT2D eigenvalue weighted by Crippen LogP contribution is 2.40. The number of furan rings is 1. The van der Waals surface area contributed by atoms with Crippen molar-refractivity contribution in [2.75, 3.05) is 20.8 Å². The van der Waals surface area contributed by atoms with Crippen molar-refractivity contribution in [2.45, 2.75) is 19.9 Å². The van der Waals surface area contributed by atoms with Gasteiger partial charge in [-0.1, -0.05) is 27.3 Å². The molecule has 1 aliphatic rings. The highest BCUT2D eigenvalue weighted by molar-refractivity contribution is 9.10. The van der Waals surface area contributed by atoms with E-state index in [2.05, 4.69) is 20.9 Å². The van der Waals surface area contributed by atoms with Crippen LogP contribution in [0.15, 0.2) is 54.2 Å². The third-order valence-corrected chi connectivity index (χ3v) is 7.05. The highest BCUT2D eigenvalue weighted by Gasteiger charge is 2.35. The maximum atomic E-state index is 13.6. The monoisotopic (exact) mass is 577 g/mol. The molecule has 3 heterocycles. The molecule has 188 valence electrons. The fourth-order valence-electron chi connectivity index (χ4n) is 3.81. The molecule has 0 radical (unpaired) electrons. The van der Waals surface area contributed by atoms with Gasteiger partial charge in [0.25, 0.3) is 5.56 Å². The predicted octanol–water partition coefficient (Wildman–Crippen LogP) is 3.08. The van der Waals surface area contributed by atoms with E-state index >= 15 is 0 Å². The second kappa shape index (κ2) is 10.1. The Morgan fingerprint density at radius 2 is 2.00 bits per heavy atom. The lowest BCUT2D eigenvalue weighted by Gasteiger charge is -2.26. The fraction of sp³-hybridized carbons (Fsp3) is 0.261. The van der Waals surface area contributed by atoms with Gasteiger partial charge in [0.2, 0.25) is 0 Å². The number of aromatic nitrogens is 1. The van der Waals surface area contributed by atoms with Gasteiger partial charge < -0.3 is 18.6 Å². The molecule has 0 saturated heterocycles. The van der Waals surface area contributed by atoms with E-state index in [1.165, 1.54) is 37.0 Å². The summed E-state index contributed by atoms with van der Waals surface area (Å²) < 4.78 is 23.5. The van der Waals surface area contributed by atoms with Crippen molar-refractivity contribution in [1.82, 2.24) is 4.57 Å². The van der Waals surface area contributed by atoms with Gasteiger partial charge in [-0.2, -0.15) is 0 Å². The highest BCUT2D eigenvalue weighted by atomic mass is 79.9. The standard InChI is InChI=1S/C23H20BrN3O8S/c1-5-34-22(29)19-11(2)25-23-26(20(19)13-9-15(32-3)16(33-4)10-14(13)24)21(28)17(36-23)8-12-6-7-18(35-12)27(30)31/h6-10,20H,5H2,1-4H3/b17-8-/t20-/m0/s1. The number of nitro groups is 1. The Labute approximate surface area is 216 Å². The molecule has 0 N–H and O–H groups in total. The van der Waals surface area contributed by atoms with Crippen molar-refractivity contribution >= 4 is 45.2 Å². The lowest BCUT2D eigenvalue weighted by molar-refractivity contribution is -0.402. The number of hydrogen-bond acceptors (Lipinski definition) is 10. The molecule has 13 heteroatoms. The normalized spacial score (nSPS) is 15.4. The molecule has 11 nitrogen and oxygen atoms in total. The quantitative estimate of drug-likeness (QED) is 0.237. The van der Waals surface area contributed by atoms with Gasteiger partial charge in [0.05, 0.1) is 48.7 Å². The Morgan fingerprint density at radius 3 is 2.61 bits per heavy atom. The molecule has 3 aromatic rings. The van der Waals surface area contributed by atoms with Gasteiger partial charge in [0, 0.05) is 10.5 Å². The van der Waals surface area contributed by atoms with Crippen LogP contribution in [-0.2, 0) is 9.53 Å². The SMILES string of the molecule is CCOC(=O)C1=C(C)N=c2s/c(=C\c3ccc([N+](=O)[O-])o3)c(=O)n2[C@H]1c1cc(OC)c(OC)cc1Br. The van der Waals surface area contributed by atoms with E-state index in [1.54, 1.807) is 26.0 Å². The largest absolute Gasteiger partial charge is 0.493 e. The number of allylic oxidation sites excluding steroid dienone is 1. The Kier molecular flexibility index (Phi) is 7.13. The van der Waals surface area contributed by atoms with Crippen LogP contribution in [0, 0.1) is 10.1 Å². The molecule has 0 amide bonds. The van der Waals surface area contributed by atoms with Crippen LogP contribution in [0.25, 0.3) is 6.08 Å². The lowest BCUT2D eigenvalue weighted by atomic mass is 9.95. The van der Waals surface area contributed by atoms with Gasteiger partial charge in [-0.05, 0) is 37.6 Å². The lowest BCUT2D eigenvalue weighted by Crippen LogP contribution is -2.40. The number of esters is 1. The number of rotatable bonds is 7. The third-order valence-electron chi connectivity index (χ3n) is 5.38. The van der Waals surface area contributed by atoms with Crippen LogP contribution in [0.1, 0.15) is 31.2 Å². The summed E-state index contributed by atoms with van der Waals surface area (Å²) in [6.45, 7) is 3.49. The predicted molar refractivity (Wildman–Crippen MR) is 133 cm³/mol. The first-order valence-electron chi connectivity index (χ1n) is 10.5. The summed E-state index contributed by atoms with van der Waals surface area (Å²) >= 11 is 4.60. The van der Waals surface area contributed by atoms with Crippen LogP contribution in [0.3, 0.4) is 0 Å². The number of ether oxygens (including phenoxy) is 3. The zero-order valence-corrected chi connectivity index (χ0v) is 22.0. The maximum Gasteiger partial charge on any atom is 0.433 e. The minimum absolute atomic E-state index is 0.136. The van der Waals surface area contributed by atoms with E-state index in [0.29, 0.717) is 32.0 Å². The number of thiazole rings is 1. The smallest absolute Gasteiger partial charge is 0.433 e. The van der Waals surface area contributed by atoms with Crippen LogP contribution in [0.5, 0.6) is 11.5 Å². The van der Waals surface area contributed by atoms with Crippen molar-refractivity contribution in [1.29, 1.82) is 0 Å². The average Bonchev–Trinajstić information content (AvgIpc) is 3.43. The van der Waals surface area contributed by atoms with Gasteiger partial charge in [-0.25, -0.2) is 9.79 Å². The van der Waals surface area contributed by atoms with Crippen LogP contribution in [0.2, 0.25) is 0 Å². The van der Waals surface area contributed by atoms with Crippen molar-refractivity contribution in [2.24, 2.45) is 4.99 Å². The number of benzene rings is 1. The molecule has 0 aliphatic carbocycles. The van der Waals surface area contributed by atoms with E-state index < -0.39 is 28.4 Å². The van der Waals surface area contributed by atoms with Crippen LogP contribution in [-0.4, -0.2) is 36.3 Å². The number of halogens is 1. The van der Waals surface area contributed by atoms with Gasteiger partial charge in [-0.15, -0.1) is 0 Å². The first kappa shape index (κ1) is 25.4. The molecular weight excluding hydrogens is 558 g/mol. The molecule has 1 aliphatic heterocycles. The Morgan fingerprint density at radius 1 is 1.31 bits per heavy atom. The molecule has 0 saturated carbocycles. The molecule has 36 heavy (non-hydrogen) atoms. The minimum Gasteiger partial charge on any atom is -0.493 e. The van der Waals surface area contributed by atoms with E-state index in [-0.39, 0.29) is 22.5 Å². The number of methoxy groups -OCH3 is 2. The van der Waals surface area contributed by atoms with Crippen molar-refractivity contribution in [3.63, 3.8) is 0 Å². The Balaban J connectivity index is 1.99. The first-order valence-corrected chi connectivity index (χ1v) is 12.2. The van der Waals surface area contributed by atoms with Crippen LogP contribution >= 0.6 is 27.3 Å². The summed E-state index contributed by atoms with van der Waals surface area (Å²) in [4.78, 5) is 41.8. The molecule has 1 aromatic carbocycles. The zero-order valence-electron chi connectivity index (χ0n) is 19.6. The fourth-order valence-corrected chi connectivity index (χ4v) is 5.38. The first-order chi connectivity index (χ1) is 17.2. The van der Waals surface area contributed by atoms with Crippen LogP contribution < -0.4 is 24.4 Å². The molecule has 1 atom stereocenters. The van der Waals surface area contributed by atoms with Gasteiger partial charge in [-0.3, -0.25) is 19.5 Å². The molecule has 4 rings (SSSR count). The van der Waals surface area contributed by atoms with Gasteiger partial charge >= 0.3 is 11.9 Å². The summed E-state index contributed by atoms with van der Waals surface area (Å²) in [5, 5.41) is 11.0. The summed E-state index contributed by atoms with van der Waals surface area (Å²) in [6, 6.07) is 5.06. The van der Waals surface area contributed by atoms with Crippen LogP contribution in [0.4, 0.5) is 5.88 Å². The number of carbonyl (C=O) groups is 1. The molecule has 0 bridgehead atoms. The van der Waals surface area contributed by atoms with Gasteiger partial charge in [0.15, 0.2) is 16.3 Å². The minimum atomic E-state index is -0.900. The topological polar surface area (TPSA) is 135 Å². The number of nitrogens with zero attached hydrogens (tertiary/aromatic N) is 3. The van der Waals surface area contributed by atoms with Crippen molar-refractivity contribution < 1.29 is 28.3 Å². The number of carbonyl (C=O) groups excluding carboxylic acids is 1. The number of fused-ring (bicyclic) bond motifs is 1. The van der Waals surface area contributed by atoms with E-state index in [4.69, 9.17) is 18.6 Å². The van der Waals surface area contributed by atoms with Crippen molar-refractivity contribution in [3.05, 3.63) is 81.1 Å². The van der Waals surface area contributed by atoms with E-state index in [0.717, 1.165) is 11.3 Å².